The van der Waals surface area contributed by atoms with Gasteiger partial charge in [-0.3, -0.25) is 4.79 Å². The summed E-state index contributed by atoms with van der Waals surface area (Å²) >= 11 is 0. The zero-order valence-corrected chi connectivity index (χ0v) is 51.5. The molecule has 14 heteroatoms. The van der Waals surface area contributed by atoms with E-state index in [0.717, 1.165) is 109 Å². The van der Waals surface area contributed by atoms with E-state index >= 15 is 0 Å². The van der Waals surface area contributed by atoms with Gasteiger partial charge in [-0.05, 0) is 122 Å². The first-order valence-electron chi connectivity index (χ1n) is 31.9. The van der Waals surface area contributed by atoms with E-state index in [4.69, 9.17) is 18.9 Å². The maximum atomic E-state index is 13.2. The summed E-state index contributed by atoms with van der Waals surface area (Å²) in [6.07, 6.45) is 67.0. The third-order valence-electron chi connectivity index (χ3n) is 14.1. The molecule has 12 atom stereocenters. The summed E-state index contributed by atoms with van der Waals surface area (Å²) in [6, 6.07) is -0.967. The number of hydrogen-bond acceptors (Lipinski definition) is 13. The second kappa shape index (κ2) is 53.6. The highest BCUT2D eigenvalue weighted by Gasteiger charge is 2.51. The van der Waals surface area contributed by atoms with Crippen LogP contribution in [-0.2, 0) is 23.7 Å². The highest BCUT2D eigenvalue weighted by Crippen LogP contribution is 2.30. The van der Waals surface area contributed by atoms with Crippen LogP contribution in [0.25, 0.3) is 0 Å². The van der Waals surface area contributed by atoms with Crippen molar-refractivity contribution in [3.8, 4) is 0 Å². The predicted molar refractivity (Wildman–Crippen MR) is 345 cm³/mol. The van der Waals surface area contributed by atoms with Gasteiger partial charge in [0.25, 0.3) is 0 Å². The summed E-state index contributed by atoms with van der Waals surface area (Å²) < 4.78 is 22.7. The molecule has 0 bridgehead atoms. The molecule has 2 fully saturated rings. The minimum atomic E-state index is -1.80. The number of nitrogens with one attached hydrogen (secondary N) is 1. The number of aliphatic hydroxyl groups is 8. The third kappa shape index (κ3) is 38.3. The molecule has 12 unspecified atom stereocenters. The first-order chi connectivity index (χ1) is 41.6. The second-order valence-electron chi connectivity index (χ2n) is 21.4. The predicted octanol–water partition coefficient (Wildman–Crippen LogP) is 12.1. The summed E-state index contributed by atoms with van der Waals surface area (Å²) in [5.41, 5.74) is 0. The molecular formula is C71H111NO13. The number of unbranched alkanes of at least 4 members (excludes halogenated alkanes) is 9. The van der Waals surface area contributed by atoms with Crippen molar-refractivity contribution in [2.24, 2.45) is 0 Å². The number of allylic oxidation sites excluding steroid dienone is 27. The largest absolute Gasteiger partial charge is 0.394 e. The maximum Gasteiger partial charge on any atom is 0.220 e. The van der Waals surface area contributed by atoms with Gasteiger partial charge < -0.3 is 65.1 Å². The van der Waals surface area contributed by atoms with Crippen LogP contribution >= 0.6 is 0 Å². The summed E-state index contributed by atoms with van der Waals surface area (Å²) in [7, 11) is 0. The summed E-state index contributed by atoms with van der Waals surface area (Å²) in [6.45, 7) is 2.58. The average Bonchev–Trinajstić information content (AvgIpc) is 3.60. The van der Waals surface area contributed by atoms with Crippen LogP contribution in [0.4, 0.5) is 0 Å². The Bertz CT molecular complexity index is 2080. The number of ether oxygens (including phenoxy) is 4. The molecule has 0 spiro atoms. The quantitative estimate of drug-likeness (QED) is 0.0204. The lowest BCUT2D eigenvalue weighted by atomic mass is 9.97. The van der Waals surface area contributed by atoms with Crippen molar-refractivity contribution < 1.29 is 64.6 Å². The average molecular weight is 1190 g/mol. The van der Waals surface area contributed by atoms with E-state index in [1.807, 2.05) is 6.08 Å². The molecule has 2 rings (SSSR count). The molecule has 85 heavy (non-hydrogen) atoms. The SMILES string of the molecule is CC/C=C\C/C=C\C/C=C\C/C=C\C/C=C\C/C=C\C/C=C\C/C=C\C/C=C\C/C=C\C/C=C\C/C=C\CCCCC(=O)NC(COC1OC(CO)C(OC2OC(CO)C(O)C(O)C2O)C(O)C1O)C(O)/C=C/CC/C=C/CCCCCCCC. The van der Waals surface area contributed by atoms with Crippen LogP contribution in [0.3, 0.4) is 0 Å². The number of carbonyl (C=O) groups excluding carboxylic acids is 1. The molecule has 2 aliphatic heterocycles. The first kappa shape index (κ1) is 76.4. The zero-order valence-electron chi connectivity index (χ0n) is 51.5. The van der Waals surface area contributed by atoms with E-state index in [2.05, 4.69) is 177 Å². The Hall–Kier alpha value is -4.65. The molecule has 9 N–H and O–H groups in total. The number of amides is 1. The maximum absolute atomic E-state index is 13.2. The lowest BCUT2D eigenvalue weighted by Gasteiger charge is -2.46. The number of aliphatic hydroxyl groups excluding tert-OH is 8. The van der Waals surface area contributed by atoms with Crippen molar-refractivity contribution in [3.05, 3.63) is 170 Å². The Morgan fingerprint density at radius 3 is 1.29 bits per heavy atom. The highest BCUT2D eigenvalue weighted by atomic mass is 16.7. The molecule has 0 aromatic heterocycles. The minimum absolute atomic E-state index is 0.206. The van der Waals surface area contributed by atoms with Gasteiger partial charge in [0.15, 0.2) is 12.6 Å². The van der Waals surface area contributed by atoms with Gasteiger partial charge in [-0.15, -0.1) is 0 Å². The van der Waals surface area contributed by atoms with E-state index in [0.29, 0.717) is 12.8 Å². The fourth-order valence-corrected chi connectivity index (χ4v) is 9.05. The summed E-state index contributed by atoms with van der Waals surface area (Å²) in [5.74, 6) is -0.301. The van der Waals surface area contributed by atoms with Crippen molar-refractivity contribution in [1.29, 1.82) is 0 Å². The van der Waals surface area contributed by atoms with E-state index < -0.39 is 86.8 Å². The Morgan fingerprint density at radius 2 is 0.824 bits per heavy atom. The smallest absolute Gasteiger partial charge is 0.220 e. The van der Waals surface area contributed by atoms with Crippen LogP contribution in [-0.4, -0.2) is 140 Å². The van der Waals surface area contributed by atoms with Crippen LogP contribution in [0.2, 0.25) is 0 Å². The Morgan fingerprint density at radius 1 is 0.435 bits per heavy atom. The molecule has 1 amide bonds. The monoisotopic (exact) mass is 1190 g/mol. The molecule has 14 nitrogen and oxygen atoms in total. The van der Waals surface area contributed by atoms with Crippen molar-refractivity contribution in [2.45, 2.75) is 248 Å². The molecule has 2 heterocycles. The molecule has 0 radical (unpaired) electrons. The van der Waals surface area contributed by atoms with Gasteiger partial charge in [0.05, 0.1) is 32.0 Å². The third-order valence-corrected chi connectivity index (χ3v) is 14.1. The standard InChI is InChI=1S/C71H111NO13/c1-3-5-7-9-11-13-15-17-18-19-20-21-22-23-24-25-26-27-28-29-30-31-32-33-34-35-36-37-38-39-40-41-42-43-45-47-49-51-53-55-63(76)72-59(60(75)54-52-50-48-46-44-16-14-12-10-8-6-4-2)58-82-70-68(81)66(79)69(62(57-74)84-70)85-71-67(80)65(78)64(77)61(56-73)83-71/h5,7,11,13,17-18,20-21,23-24,26-27,29-30,32-33,35-36,38-39,41-42,44-47,52,54,59-62,64-71,73-75,77-81H,3-4,6,8-10,12,14-16,19,22,25,28,31,34,37,40,43,48-51,53,55-58H2,1-2H3,(H,72,76)/b7-5-,13-11-,18-17-,21-20-,24-23-,27-26-,30-29-,33-32-,36-35-,39-38-,42-41-,46-44+,47-45-,54-52+. The van der Waals surface area contributed by atoms with Crippen molar-refractivity contribution >= 4 is 5.91 Å². The molecule has 0 aromatic rings. The molecule has 0 aromatic carbocycles. The first-order valence-corrected chi connectivity index (χ1v) is 31.9. The number of carbonyl (C=O) groups is 1. The molecule has 2 aliphatic rings. The Kier molecular flexibility index (Phi) is 48.2. The highest BCUT2D eigenvalue weighted by molar-refractivity contribution is 5.76. The van der Waals surface area contributed by atoms with Gasteiger partial charge in [0.2, 0.25) is 5.91 Å². The van der Waals surface area contributed by atoms with Crippen LogP contribution in [0, 0.1) is 0 Å². The van der Waals surface area contributed by atoms with Gasteiger partial charge in [0.1, 0.15) is 48.8 Å². The number of rotatable bonds is 48. The van der Waals surface area contributed by atoms with Gasteiger partial charge in [-0.25, -0.2) is 0 Å². The van der Waals surface area contributed by atoms with Crippen molar-refractivity contribution in [1.82, 2.24) is 5.32 Å². The van der Waals surface area contributed by atoms with Crippen LogP contribution in [0.15, 0.2) is 170 Å². The lowest BCUT2D eigenvalue weighted by molar-refractivity contribution is -0.359. The molecule has 0 aliphatic carbocycles. The fourth-order valence-electron chi connectivity index (χ4n) is 9.05. The summed E-state index contributed by atoms with van der Waals surface area (Å²) in [4.78, 5) is 13.2. The van der Waals surface area contributed by atoms with Gasteiger partial charge in [-0.2, -0.15) is 0 Å². The van der Waals surface area contributed by atoms with Crippen LogP contribution < -0.4 is 5.32 Å². The Balaban J connectivity index is 1.68. The van der Waals surface area contributed by atoms with Crippen molar-refractivity contribution in [2.75, 3.05) is 19.8 Å². The van der Waals surface area contributed by atoms with Crippen LogP contribution in [0.1, 0.15) is 174 Å². The van der Waals surface area contributed by atoms with Gasteiger partial charge in [-0.1, -0.05) is 216 Å². The van der Waals surface area contributed by atoms with E-state index in [9.17, 15) is 45.6 Å². The van der Waals surface area contributed by atoms with E-state index in [1.54, 1.807) is 6.08 Å². The fraction of sp³-hybridized carbons (Fsp3) is 0.592. The topological polar surface area (TPSA) is 228 Å². The lowest BCUT2D eigenvalue weighted by Crippen LogP contribution is -2.65. The zero-order chi connectivity index (χ0) is 61.6. The van der Waals surface area contributed by atoms with Gasteiger partial charge in [0, 0.05) is 6.42 Å². The second-order valence-corrected chi connectivity index (χ2v) is 21.4. The molecular weight excluding hydrogens is 1070 g/mol. The molecule has 2 saturated heterocycles. The van der Waals surface area contributed by atoms with Crippen LogP contribution in [0.5, 0.6) is 0 Å². The normalized spacial score (nSPS) is 24.7. The Labute approximate surface area is 511 Å². The molecule has 0 saturated carbocycles. The van der Waals surface area contributed by atoms with E-state index in [-0.39, 0.29) is 18.9 Å². The van der Waals surface area contributed by atoms with Gasteiger partial charge >= 0.3 is 0 Å². The minimum Gasteiger partial charge on any atom is -0.394 e. The molecule has 478 valence electrons. The van der Waals surface area contributed by atoms with E-state index in [1.165, 1.54) is 32.1 Å². The number of hydrogen-bond donors (Lipinski definition) is 9. The summed E-state index contributed by atoms with van der Waals surface area (Å²) in [5, 5.41) is 86.9. The van der Waals surface area contributed by atoms with Crippen molar-refractivity contribution in [3.63, 3.8) is 0 Å².